The van der Waals surface area contributed by atoms with Crippen molar-refractivity contribution < 1.29 is 48.6 Å². The molecule has 1 aliphatic carbocycles. The van der Waals surface area contributed by atoms with E-state index in [0.717, 1.165) is 6.42 Å². The first kappa shape index (κ1) is 43.2. The molecule has 0 spiro atoms. The Morgan fingerprint density at radius 3 is 1.88 bits per heavy atom. The lowest BCUT2D eigenvalue weighted by atomic mass is 9.88. The molecule has 2 rings (SSSR count). The van der Waals surface area contributed by atoms with Gasteiger partial charge in [0.15, 0.2) is 0 Å². The number of benzene rings is 1. The fourth-order valence-electron chi connectivity index (χ4n) is 5.67. The number of primary amides is 1. The topological polar surface area (TPSA) is 263 Å². The van der Waals surface area contributed by atoms with Crippen molar-refractivity contribution >= 4 is 59.0 Å². The molecule has 0 saturated carbocycles. The summed E-state index contributed by atoms with van der Waals surface area (Å²) in [7, 11) is 0. The van der Waals surface area contributed by atoms with Gasteiger partial charge < -0.3 is 42.5 Å². The van der Waals surface area contributed by atoms with Crippen molar-refractivity contribution in [3.8, 4) is 0 Å². The molecule has 1 aromatic carbocycles. The van der Waals surface area contributed by atoms with Crippen LogP contribution < -0.4 is 32.3 Å². The summed E-state index contributed by atoms with van der Waals surface area (Å²) in [6.45, 7) is 4.69. The van der Waals surface area contributed by atoms with Crippen molar-refractivity contribution in [2.75, 3.05) is 0 Å². The van der Waals surface area contributed by atoms with Crippen molar-refractivity contribution in [2.45, 2.75) is 109 Å². The third kappa shape index (κ3) is 15.9. The van der Waals surface area contributed by atoms with E-state index in [2.05, 4.69) is 26.6 Å². The molecular weight excluding hydrogens is 700 g/mol. The standard InChI is InChI=1S/C35H49ClN6O10/c1-19(2)15-25(32(48)42-28(35(51)52)17-22-9-11-23(36)12-10-22)39-34(50)27(18-30(45)46)41-33(49)26(16-21-7-5-4-6-8-21)40-31(47)24(38-20(3)43)13-14-29(37)44/h4-5,9-12,19,21,24-28H,6-8,13-18H2,1-3H3,(H2,37,44)(H,38,43)(H,39,50)(H,40,47)(H,41,49)(H,42,48)(H,45,46)(H,51,52)/t21-,24+,25+,26+,27+,28+/m1/s1. The Balaban J connectivity index is 2.30. The number of hydrogen-bond donors (Lipinski definition) is 8. The predicted octanol–water partition coefficient (Wildman–Crippen LogP) is 0.944. The van der Waals surface area contributed by atoms with Gasteiger partial charge in [-0.1, -0.05) is 49.7 Å². The maximum absolute atomic E-state index is 13.7. The second kappa shape index (κ2) is 21.4. The first-order valence-corrected chi connectivity index (χ1v) is 17.4. The molecule has 16 nitrogen and oxygen atoms in total. The van der Waals surface area contributed by atoms with Crippen LogP contribution in [-0.2, 0) is 44.8 Å². The average Bonchev–Trinajstić information content (AvgIpc) is 3.05. The van der Waals surface area contributed by atoms with Crippen LogP contribution in [0.1, 0.15) is 77.7 Å². The maximum Gasteiger partial charge on any atom is 0.326 e. The van der Waals surface area contributed by atoms with Gasteiger partial charge in [-0.15, -0.1) is 0 Å². The average molecular weight is 749 g/mol. The summed E-state index contributed by atoms with van der Waals surface area (Å²) in [5, 5.41) is 32.2. The van der Waals surface area contributed by atoms with E-state index in [1.54, 1.807) is 38.1 Å². The normalized spacial score (nSPS) is 16.7. The molecule has 0 radical (unpaired) electrons. The zero-order valence-electron chi connectivity index (χ0n) is 29.5. The van der Waals surface area contributed by atoms with E-state index in [-0.39, 0.29) is 43.9 Å². The smallest absolute Gasteiger partial charge is 0.326 e. The summed E-state index contributed by atoms with van der Waals surface area (Å²) in [6.07, 6.45) is 4.72. The Morgan fingerprint density at radius 2 is 1.35 bits per heavy atom. The summed E-state index contributed by atoms with van der Waals surface area (Å²) in [5.41, 5.74) is 5.80. The molecule has 0 saturated heterocycles. The number of nitrogens with one attached hydrogen (secondary N) is 5. The number of rotatable bonds is 21. The number of allylic oxidation sites excluding steroid dienone is 2. The zero-order chi connectivity index (χ0) is 39.0. The summed E-state index contributed by atoms with van der Waals surface area (Å²) in [4.78, 5) is 101. The Kier molecular flexibility index (Phi) is 17.8. The maximum atomic E-state index is 13.7. The molecule has 9 N–H and O–H groups in total. The molecule has 0 fully saturated rings. The van der Waals surface area contributed by atoms with E-state index >= 15 is 0 Å². The number of carboxylic acids is 2. The van der Waals surface area contributed by atoms with Gasteiger partial charge in [-0.05, 0) is 68.1 Å². The van der Waals surface area contributed by atoms with Crippen LogP contribution in [0.2, 0.25) is 5.02 Å². The minimum Gasteiger partial charge on any atom is -0.481 e. The van der Waals surface area contributed by atoms with E-state index in [9.17, 15) is 48.6 Å². The quantitative estimate of drug-likeness (QED) is 0.0825. The molecule has 286 valence electrons. The number of carboxylic acid groups (broad SMARTS) is 2. The first-order valence-electron chi connectivity index (χ1n) is 17.1. The molecule has 0 unspecified atom stereocenters. The van der Waals surface area contributed by atoms with Gasteiger partial charge in [-0.25, -0.2) is 4.79 Å². The van der Waals surface area contributed by atoms with E-state index in [4.69, 9.17) is 17.3 Å². The second-order valence-electron chi connectivity index (χ2n) is 13.3. The lowest BCUT2D eigenvalue weighted by molar-refractivity contribution is -0.143. The molecule has 6 amide bonds. The monoisotopic (exact) mass is 748 g/mol. The number of amides is 6. The summed E-state index contributed by atoms with van der Waals surface area (Å²) in [5.74, 6) is -7.84. The number of hydrogen-bond acceptors (Lipinski definition) is 8. The van der Waals surface area contributed by atoms with Crippen molar-refractivity contribution in [2.24, 2.45) is 17.6 Å². The van der Waals surface area contributed by atoms with Crippen molar-refractivity contribution in [3.63, 3.8) is 0 Å². The molecule has 1 aromatic rings. The fourth-order valence-corrected chi connectivity index (χ4v) is 5.79. The number of aliphatic carboxylic acids is 2. The van der Waals surface area contributed by atoms with Gasteiger partial charge in [0.1, 0.15) is 30.2 Å². The molecule has 0 bridgehead atoms. The minimum absolute atomic E-state index is 0.0440. The van der Waals surface area contributed by atoms with E-state index in [1.807, 2.05) is 12.2 Å². The van der Waals surface area contributed by atoms with E-state index < -0.39 is 84.0 Å². The Bertz CT molecular complexity index is 1480. The molecule has 0 aromatic heterocycles. The van der Waals surface area contributed by atoms with Crippen LogP contribution in [0.4, 0.5) is 0 Å². The summed E-state index contributed by atoms with van der Waals surface area (Å²) in [6, 6.07) is -0.515. The van der Waals surface area contributed by atoms with Crippen LogP contribution in [0.15, 0.2) is 36.4 Å². The third-order valence-corrected chi connectivity index (χ3v) is 8.52. The van der Waals surface area contributed by atoms with E-state index in [1.165, 1.54) is 6.92 Å². The van der Waals surface area contributed by atoms with Crippen LogP contribution in [0.5, 0.6) is 0 Å². The van der Waals surface area contributed by atoms with Crippen molar-refractivity contribution in [1.82, 2.24) is 26.6 Å². The highest BCUT2D eigenvalue weighted by atomic mass is 35.5. The van der Waals surface area contributed by atoms with Gasteiger partial charge in [0.2, 0.25) is 35.4 Å². The minimum atomic E-state index is -1.71. The number of halogens is 1. The highest BCUT2D eigenvalue weighted by Gasteiger charge is 2.34. The van der Waals surface area contributed by atoms with Crippen LogP contribution in [-0.4, -0.2) is 87.8 Å². The summed E-state index contributed by atoms with van der Waals surface area (Å²) < 4.78 is 0. The van der Waals surface area contributed by atoms with Gasteiger partial charge in [0, 0.05) is 24.8 Å². The molecule has 0 heterocycles. The Labute approximate surface area is 307 Å². The lowest BCUT2D eigenvalue weighted by Crippen LogP contribution is -2.59. The fraction of sp³-hybridized carbons (Fsp3) is 0.543. The van der Waals surface area contributed by atoms with Gasteiger partial charge >= 0.3 is 11.9 Å². The number of carbonyl (C=O) groups is 8. The van der Waals surface area contributed by atoms with Crippen LogP contribution in [0.3, 0.4) is 0 Å². The third-order valence-electron chi connectivity index (χ3n) is 8.27. The van der Waals surface area contributed by atoms with Crippen LogP contribution in [0.25, 0.3) is 0 Å². The zero-order valence-corrected chi connectivity index (χ0v) is 30.2. The van der Waals surface area contributed by atoms with Crippen LogP contribution >= 0.6 is 11.6 Å². The highest BCUT2D eigenvalue weighted by Crippen LogP contribution is 2.23. The number of carbonyl (C=O) groups excluding carboxylic acids is 6. The van der Waals surface area contributed by atoms with E-state index in [0.29, 0.717) is 23.4 Å². The SMILES string of the molecule is CC(=O)N[C@@H](CCC(N)=O)C(=O)N[C@@H](C[C@@H]1CC=CCC1)C(=O)N[C@@H](CC(=O)O)C(=O)N[C@@H](CC(C)C)C(=O)N[C@@H](Cc1ccc(Cl)cc1)C(=O)O. The molecule has 1 aliphatic rings. The van der Waals surface area contributed by atoms with Crippen LogP contribution in [0, 0.1) is 11.8 Å². The van der Waals surface area contributed by atoms with Gasteiger partial charge in [-0.2, -0.15) is 0 Å². The Hall–Kier alpha value is -4.99. The molecule has 0 aliphatic heterocycles. The first-order chi connectivity index (χ1) is 24.4. The molecule has 17 heteroatoms. The Morgan fingerprint density at radius 1 is 0.788 bits per heavy atom. The molecule has 6 atom stereocenters. The largest absolute Gasteiger partial charge is 0.481 e. The lowest BCUT2D eigenvalue weighted by Gasteiger charge is -2.29. The molecular formula is C35H49ClN6O10. The number of nitrogens with two attached hydrogens (primary N) is 1. The second-order valence-corrected chi connectivity index (χ2v) is 13.7. The van der Waals surface area contributed by atoms with Gasteiger partial charge in [-0.3, -0.25) is 33.6 Å². The predicted molar refractivity (Wildman–Crippen MR) is 189 cm³/mol. The van der Waals surface area contributed by atoms with Gasteiger partial charge in [0.05, 0.1) is 6.42 Å². The van der Waals surface area contributed by atoms with Crippen molar-refractivity contribution in [1.29, 1.82) is 0 Å². The van der Waals surface area contributed by atoms with Crippen molar-refractivity contribution in [3.05, 3.63) is 47.0 Å². The molecule has 52 heavy (non-hydrogen) atoms. The van der Waals surface area contributed by atoms with Gasteiger partial charge in [0.25, 0.3) is 0 Å². The highest BCUT2D eigenvalue weighted by molar-refractivity contribution is 6.30. The summed E-state index contributed by atoms with van der Waals surface area (Å²) >= 11 is 5.92.